The number of amides is 2. The maximum absolute atomic E-state index is 12.8. The molecule has 3 aromatic rings. The van der Waals surface area contributed by atoms with Crippen molar-refractivity contribution in [2.75, 3.05) is 6.54 Å². The number of carbonyl (C=O) groups excluding carboxylic acids is 2. The minimum absolute atomic E-state index is 0.0602. The van der Waals surface area contributed by atoms with Gasteiger partial charge in [0.15, 0.2) is 0 Å². The third kappa shape index (κ3) is 5.30. The second-order valence-electron chi connectivity index (χ2n) is 8.91. The van der Waals surface area contributed by atoms with Crippen molar-refractivity contribution in [2.24, 2.45) is 0 Å². The van der Waals surface area contributed by atoms with Crippen molar-refractivity contribution >= 4 is 23.2 Å². The number of nitrogens with zero attached hydrogens (tertiary/aromatic N) is 2. The molecule has 2 aromatic carbocycles. The van der Waals surface area contributed by atoms with Gasteiger partial charge in [0, 0.05) is 24.4 Å². The lowest BCUT2D eigenvalue weighted by Crippen LogP contribution is -2.40. The number of hydrogen-bond donors (Lipinski definition) is 1. The summed E-state index contributed by atoms with van der Waals surface area (Å²) < 4.78 is 6.07. The Morgan fingerprint density at radius 3 is 2.68 bits per heavy atom. The first-order chi connectivity index (χ1) is 16.4. The Morgan fingerprint density at radius 2 is 1.97 bits per heavy atom. The van der Waals surface area contributed by atoms with E-state index in [1.807, 2.05) is 31.7 Å². The number of benzene rings is 2. The molecule has 0 unspecified atom stereocenters. The highest BCUT2D eigenvalue weighted by Crippen LogP contribution is 2.37. The molecule has 0 radical (unpaired) electrons. The highest BCUT2D eigenvalue weighted by molar-refractivity contribution is 7.09. The average Bonchev–Trinajstić information content (AvgIpc) is 3.31. The molecule has 1 N–H and O–H groups in total. The number of rotatable bonds is 7. The van der Waals surface area contributed by atoms with Crippen molar-refractivity contribution in [3.8, 4) is 5.75 Å². The van der Waals surface area contributed by atoms with Crippen molar-refractivity contribution in [1.29, 1.82) is 0 Å². The van der Waals surface area contributed by atoms with E-state index < -0.39 is 0 Å². The summed E-state index contributed by atoms with van der Waals surface area (Å²) in [6.07, 6.45) is 1.30. The number of thiazole rings is 1. The molecular formula is C27H31N3O3S. The van der Waals surface area contributed by atoms with Gasteiger partial charge in [0.1, 0.15) is 23.1 Å². The van der Waals surface area contributed by atoms with Crippen LogP contribution in [0.2, 0.25) is 0 Å². The fourth-order valence-corrected chi connectivity index (χ4v) is 4.91. The number of aryl methyl sites for hydroxylation is 1. The lowest BCUT2D eigenvalue weighted by atomic mass is 9.87. The predicted octanol–water partition coefficient (Wildman–Crippen LogP) is 5.05. The largest absolute Gasteiger partial charge is 0.486 e. The third-order valence-corrected chi connectivity index (χ3v) is 6.75. The van der Waals surface area contributed by atoms with Gasteiger partial charge >= 0.3 is 0 Å². The summed E-state index contributed by atoms with van der Waals surface area (Å²) in [5, 5.41) is 5.35. The summed E-state index contributed by atoms with van der Waals surface area (Å²) >= 11 is 1.41. The van der Waals surface area contributed by atoms with E-state index in [0.29, 0.717) is 18.7 Å². The first-order valence-electron chi connectivity index (χ1n) is 11.7. The predicted molar refractivity (Wildman–Crippen MR) is 134 cm³/mol. The van der Waals surface area contributed by atoms with Crippen molar-refractivity contribution in [3.63, 3.8) is 0 Å². The summed E-state index contributed by atoms with van der Waals surface area (Å²) in [4.78, 5) is 31.4. The Kier molecular flexibility index (Phi) is 7.32. The Morgan fingerprint density at radius 1 is 1.21 bits per heavy atom. The molecule has 34 heavy (non-hydrogen) atoms. The summed E-state index contributed by atoms with van der Waals surface area (Å²) in [5.41, 5.74) is 5.04. The summed E-state index contributed by atoms with van der Waals surface area (Å²) in [6, 6.07) is 14.5. The summed E-state index contributed by atoms with van der Waals surface area (Å²) in [5.74, 6) is 0.704. The van der Waals surface area contributed by atoms with Gasteiger partial charge < -0.3 is 15.0 Å². The Bertz CT molecular complexity index is 1170. The van der Waals surface area contributed by atoms with Crippen LogP contribution in [0.1, 0.15) is 71.0 Å². The first kappa shape index (κ1) is 24.0. The maximum Gasteiger partial charge on any atom is 0.270 e. The monoisotopic (exact) mass is 477 g/mol. The maximum atomic E-state index is 12.8. The van der Waals surface area contributed by atoms with Crippen LogP contribution in [0.5, 0.6) is 5.75 Å². The number of nitrogens with one attached hydrogen (secondary N) is 1. The zero-order valence-electron chi connectivity index (χ0n) is 20.1. The van der Waals surface area contributed by atoms with Crippen LogP contribution in [0, 0.1) is 6.92 Å². The first-order valence-corrected chi connectivity index (χ1v) is 12.6. The summed E-state index contributed by atoms with van der Waals surface area (Å²) in [6.45, 7) is 8.81. The van der Waals surface area contributed by atoms with Gasteiger partial charge in [-0.1, -0.05) is 42.8 Å². The zero-order chi connectivity index (χ0) is 24.2. The number of fused-ring (bicyclic) bond motifs is 1. The van der Waals surface area contributed by atoms with Crippen LogP contribution < -0.4 is 10.1 Å². The smallest absolute Gasteiger partial charge is 0.270 e. The van der Waals surface area contributed by atoms with Crippen molar-refractivity contribution in [2.45, 2.75) is 59.2 Å². The van der Waals surface area contributed by atoms with Crippen LogP contribution in [0.15, 0.2) is 47.8 Å². The molecule has 4 rings (SSSR count). The van der Waals surface area contributed by atoms with Crippen LogP contribution in [0.3, 0.4) is 0 Å². The van der Waals surface area contributed by atoms with Crippen molar-refractivity contribution in [3.05, 3.63) is 80.8 Å². The Hall–Kier alpha value is -3.19. The number of carbonyl (C=O) groups is 2. The van der Waals surface area contributed by atoms with Gasteiger partial charge in [0.2, 0.25) is 5.91 Å². The molecule has 0 saturated carbocycles. The van der Waals surface area contributed by atoms with E-state index in [0.717, 1.165) is 28.3 Å². The highest BCUT2D eigenvalue weighted by atomic mass is 32.1. The molecule has 7 heteroatoms. The van der Waals surface area contributed by atoms with Gasteiger partial charge in [-0.15, -0.1) is 11.3 Å². The minimum Gasteiger partial charge on any atom is -0.486 e. The molecule has 0 aliphatic carbocycles. The molecule has 2 heterocycles. The van der Waals surface area contributed by atoms with Crippen LogP contribution in [0.4, 0.5) is 0 Å². The van der Waals surface area contributed by atoms with E-state index >= 15 is 0 Å². The second kappa shape index (κ2) is 10.4. The normalized spacial score (nSPS) is 15.2. The second-order valence-corrected chi connectivity index (χ2v) is 9.85. The Balaban J connectivity index is 1.57. The van der Waals surface area contributed by atoms with E-state index in [4.69, 9.17) is 4.74 Å². The molecule has 0 spiro atoms. The van der Waals surface area contributed by atoms with Crippen LogP contribution in [0.25, 0.3) is 0 Å². The molecule has 1 aromatic heterocycles. The molecule has 1 aliphatic heterocycles. The molecule has 2 amide bonds. The number of hydrogen-bond acceptors (Lipinski definition) is 5. The number of aromatic nitrogens is 1. The van der Waals surface area contributed by atoms with Crippen molar-refractivity contribution < 1.29 is 14.3 Å². The van der Waals surface area contributed by atoms with Gasteiger partial charge in [-0.05, 0) is 56.0 Å². The SMILES string of the molecule is CCC(=O)N1CCc2ccc(OCc3nc(C(=O)NC(C)C)cs3)cc2[C@@H]1c1ccc(C)cc1. The lowest BCUT2D eigenvalue weighted by Gasteiger charge is -2.38. The molecule has 1 atom stereocenters. The molecular weight excluding hydrogens is 446 g/mol. The molecule has 0 fully saturated rings. The molecule has 6 nitrogen and oxygen atoms in total. The molecule has 0 bridgehead atoms. The van der Waals surface area contributed by atoms with Gasteiger partial charge in [-0.25, -0.2) is 4.98 Å². The Labute approximate surface area is 205 Å². The van der Waals surface area contributed by atoms with E-state index in [1.54, 1.807) is 5.38 Å². The van der Waals surface area contributed by atoms with Crippen LogP contribution >= 0.6 is 11.3 Å². The zero-order valence-corrected chi connectivity index (χ0v) is 20.9. The van der Waals surface area contributed by atoms with Gasteiger partial charge in [-0.2, -0.15) is 0 Å². The van der Waals surface area contributed by atoms with E-state index in [1.165, 1.54) is 22.5 Å². The van der Waals surface area contributed by atoms with E-state index in [-0.39, 0.29) is 30.5 Å². The average molecular weight is 478 g/mol. The summed E-state index contributed by atoms with van der Waals surface area (Å²) in [7, 11) is 0. The molecule has 178 valence electrons. The van der Waals surface area contributed by atoms with Crippen LogP contribution in [-0.2, 0) is 17.8 Å². The van der Waals surface area contributed by atoms with Crippen LogP contribution in [-0.4, -0.2) is 34.3 Å². The minimum atomic E-state index is -0.173. The molecule has 1 aliphatic rings. The highest BCUT2D eigenvalue weighted by Gasteiger charge is 2.31. The topological polar surface area (TPSA) is 71.5 Å². The molecule has 0 saturated heterocycles. The lowest BCUT2D eigenvalue weighted by molar-refractivity contribution is -0.132. The van der Waals surface area contributed by atoms with Gasteiger partial charge in [0.05, 0.1) is 6.04 Å². The quantitative estimate of drug-likeness (QED) is 0.517. The van der Waals surface area contributed by atoms with E-state index in [2.05, 4.69) is 53.6 Å². The third-order valence-electron chi connectivity index (χ3n) is 5.93. The standard InChI is InChI=1S/C27H31N3O3S/c1-5-25(31)30-13-12-19-10-11-21(14-22(19)26(30)20-8-6-18(4)7-9-20)33-15-24-29-23(16-34-24)27(32)28-17(2)3/h6-11,14,16-17,26H,5,12-13,15H2,1-4H3,(H,28,32)/t26-/m0/s1. The number of ether oxygens (including phenoxy) is 1. The van der Waals surface area contributed by atoms with E-state index in [9.17, 15) is 9.59 Å². The van der Waals surface area contributed by atoms with Crippen molar-refractivity contribution in [1.82, 2.24) is 15.2 Å². The van der Waals surface area contributed by atoms with Gasteiger partial charge in [0.25, 0.3) is 5.91 Å². The fraction of sp³-hybridized carbons (Fsp3) is 0.370. The fourth-order valence-electron chi connectivity index (χ4n) is 4.23. The van der Waals surface area contributed by atoms with Gasteiger partial charge in [-0.3, -0.25) is 9.59 Å².